The SMILES string of the molecule is C=C/C(NC(=O)c1nc(-c2cnc(C)c(OCCOC)n2)ccc1N)=C(\C=C/C)N1CCC[C@H](N)C1. The zero-order chi connectivity index (χ0) is 26.1. The second kappa shape index (κ2) is 12.8. The molecule has 1 aliphatic heterocycles. The van der Waals surface area contributed by atoms with Crippen molar-refractivity contribution in [1.82, 2.24) is 25.2 Å². The maximum atomic E-state index is 13.3. The van der Waals surface area contributed by atoms with Crippen molar-refractivity contribution in [2.75, 3.05) is 39.1 Å². The van der Waals surface area contributed by atoms with Gasteiger partial charge in [-0.25, -0.2) is 9.97 Å². The molecule has 36 heavy (non-hydrogen) atoms. The van der Waals surface area contributed by atoms with Gasteiger partial charge in [0, 0.05) is 26.2 Å². The van der Waals surface area contributed by atoms with Crippen molar-refractivity contribution in [3.05, 3.63) is 65.9 Å². The summed E-state index contributed by atoms with van der Waals surface area (Å²) in [5, 5.41) is 2.93. The Balaban J connectivity index is 1.90. The Kier molecular flexibility index (Phi) is 9.54. The topological polar surface area (TPSA) is 142 Å². The van der Waals surface area contributed by atoms with E-state index < -0.39 is 5.91 Å². The van der Waals surface area contributed by atoms with Gasteiger partial charge >= 0.3 is 0 Å². The van der Waals surface area contributed by atoms with Crippen LogP contribution in [-0.4, -0.2) is 65.2 Å². The molecule has 1 amide bonds. The smallest absolute Gasteiger partial charge is 0.276 e. The summed E-state index contributed by atoms with van der Waals surface area (Å²) in [6.45, 7) is 9.93. The predicted octanol–water partition coefficient (Wildman–Crippen LogP) is 2.58. The number of nitrogens with one attached hydrogen (secondary N) is 1. The summed E-state index contributed by atoms with van der Waals surface area (Å²) < 4.78 is 10.7. The van der Waals surface area contributed by atoms with Gasteiger partial charge in [-0.05, 0) is 51.0 Å². The molecule has 0 spiro atoms. The Morgan fingerprint density at radius 1 is 1.31 bits per heavy atom. The third kappa shape index (κ3) is 6.67. The largest absolute Gasteiger partial charge is 0.474 e. The Labute approximate surface area is 212 Å². The zero-order valence-electron chi connectivity index (χ0n) is 21.2. The van der Waals surface area contributed by atoms with Crippen LogP contribution in [-0.2, 0) is 4.74 Å². The second-order valence-corrected chi connectivity index (χ2v) is 8.43. The van der Waals surface area contributed by atoms with E-state index in [9.17, 15) is 4.79 Å². The van der Waals surface area contributed by atoms with Gasteiger partial charge in [0.15, 0.2) is 5.69 Å². The van der Waals surface area contributed by atoms with Gasteiger partial charge in [0.05, 0.1) is 41.3 Å². The number of hydrogen-bond acceptors (Lipinski definition) is 9. The lowest BCUT2D eigenvalue weighted by atomic mass is 10.1. The van der Waals surface area contributed by atoms with Crippen molar-refractivity contribution in [2.24, 2.45) is 5.73 Å². The Bertz CT molecular complexity index is 1150. The number of anilines is 1. The lowest BCUT2D eigenvalue weighted by Crippen LogP contribution is -2.43. The van der Waals surface area contributed by atoms with Crippen LogP contribution in [0.3, 0.4) is 0 Å². The summed E-state index contributed by atoms with van der Waals surface area (Å²) in [5.41, 5.74) is 15.6. The van der Waals surface area contributed by atoms with Crippen LogP contribution in [0.4, 0.5) is 5.69 Å². The molecular weight excluding hydrogens is 458 g/mol. The van der Waals surface area contributed by atoms with Gasteiger partial charge in [0.2, 0.25) is 5.88 Å². The van der Waals surface area contributed by atoms with Crippen molar-refractivity contribution in [2.45, 2.75) is 32.7 Å². The van der Waals surface area contributed by atoms with E-state index in [-0.39, 0.29) is 17.4 Å². The maximum Gasteiger partial charge on any atom is 0.276 e. The summed E-state index contributed by atoms with van der Waals surface area (Å²) >= 11 is 0. The molecular formula is C26H35N7O3. The normalized spacial score (nSPS) is 16.6. The third-order valence-electron chi connectivity index (χ3n) is 5.69. The highest BCUT2D eigenvalue weighted by molar-refractivity contribution is 5.99. The number of nitrogen functional groups attached to an aromatic ring is 1. The molecule has 1 atom stereocenters. The van der Waals surface area contributed by atoms with E-state index in [1.54, 1.807) is 38.4 Å². The number of ether oxygens (including phenoxy) is 2. The van der Waals surface area contributed by atoms with Crippen LogP contribution >= 0.6 is 0 Å². The molecule has 1 aliphatic rings. The molecule has 3 rings (SSSR count). The van der Waals surface area contributed by atoms with Crippen LogP contribution in [0.25, 0.3) is 11.4 Å². The zero-order valence-corrected chi connectivity index (χ0v) is 21.2. The van der Waals surface area contributed by atoms with Gasteiger partial charge in [0.25, 0.3) is 5.91 Å². The molecule has 3 heterocycles. The molecule has 5 N–H and O–H groups in total. The Morgan fingerprint density at radius 2 is 2.11 bits per heavy atom. The first-order valence-electron chi connectivity index (χ1n) is 11.9. The van der Waals surface area contributed by atoms with Crippen LogP contribution in [0.1, 0.15) is 35.9 Å². The van der Waals surface area contributed by atoms with E-state index in [1.165, 1.54) is 0 Å². The van der Waals surface area contributed by atoms with Crippen LogP contribution in [0.2, 0.25) is 0 Å². The minimum absolute atomic E-state index is 0.0752. The number of aryl methyl sites for hydroxylation is 1. The number of piperidine rings is 1. The molecule has 192 valence electrons. The first kappa shape index (κ1) is 26.8. The molecule has 0 unspecified atom stereocenters. The fraction of sp³-hybridized carbons (Fsp3) is 0.385. The van der Waals surface area contributed by atoms with Gasteiger partial charge in [-0.15, -0.1) is 0 Å². The number of carbonyl (C=O) groups is 1. The molecule has 0 aliphatic carbocycles. The van der Waals surface area contributed by atoms with E-state index in [1.807, 2.05) is 19.1 Å². The number of methoxy groups -OCH3 is 1. The lowest BCUT2D eigenvalue weighted by Gasteiger charge is -2.34. The van der Waals surface area contributed by atoms with E-state index in [4.69, 9.17) is 20.9 Å². The molecule has 2 aromatic heterocycles. The molecule has 1 fully saturated rings. The van der Waals surface area contributed by atoms with Crippen LogP contribution in [0.15, 0.2) is 54.5 Å². The molecule has 0 radical (unpaired) electrons. The average Bonchev–Trinajstić information content (AvgIpc) is 2.87. The fourth-order valence-electron chi connectivity index (χ4n) is 3.86. The van der Waals surface area contributed by atoms with Gasteiger partial charge in [0.1, 0.15) is 12.3 Å². The highest BCUT2D eigenvalue weighted by Gasteiger charge is 2.22. The number of hydrogen-bond donors (Lipinski definition) is 3. The lowest BCUT2D eigenvalue weighted by molar-refractivity contribution is 0.0962. The minimum atomic E-state index is -0.454. The average molecular weight is 494 g/mol. The Morgan fingerprint density at radius 3 is 2.81 bits per heavy atom. The van der Waals surface area contributed by atoms with E-state index in [0.717, 1.165) is 25.1 Å². The number of carbonyl (C=O) groups excluding carboxylic acids is 1. The highest BCUT2D eigenvalue weighted by Crippen LogP contribution is 2.23. The number of rotatable bonds is 10. The van der Waals surface area contributed by atoms with Gasteiger partial charge in [-0.1, -0.05) is 12.7 Å². The number of allylic oxidation sites excluding steroid dienone is 3. The van der Waals surface area contributed by atoms with Crippen molar-refractivity contribution >= 4 is 11.6 Å². The molecule has 1 saturated heterocycles. The number of amides is 1. The van der Waals surface area contributed by atoms with Crippen molar-refractivity contribution in [1.29, 1.82) is 0 Å². The first-order chi connectivity index (χ1) is 17.4. The van der Waals surface area contributed by atoms with Crippen LogP contribution < -0.4 is 21.5 Å². The monoisotopic (exact) mass is 493 g/mol. The third-order valence-corrected chi connectivity index (χ3v) is 5.69. The molecule has 0 aromatic carbocycles. The predicted molar refractivity (Wildman–Crippen MR) is 140 cm³/mol. The minimum Gasteiger partial charge on any atom is -0.474 e. The quantitative estimate of drug-likeness (QED) is 0.336. The number of nitrogens with zero attached hydrogens (tertiary/aromatic N) is 4. The number of likely N-dealkylation sites (tertiary alicyclic amines) is 1. The summed E-state index contributed by atoms with van der Waals surface area (Å²) in [6.07, 6.45) is 9.01. The maximum absolute atomic E-state index is 13.3. The van der Waals surface area contributed by atoms with Gasteiger partial charge in [-0.3, -0.25) is 9.78 Å². The van der Waals surface area contributed by atoms with Crippen molar-refractivity contribution in [3.8, 4) is 17.3 Å². The van der Waals surface area contributed by atoms with Crippen LogP contribution in [0.5, 0.6) is 5.88 Å². The van der Waals surface area contributed by atoms with Gasteiger partial charge in [-0.2, -0.15) is 0 Å². The summed E-state index contributed by atoms with van der Waals surface area (Å²) in [5.74, 6) is -0.0778. The van der Waals surface area contributed by atoms with E-state index in [2.05, 4.69) is 31.7 Å². The fourth-order valence-corrected chi connectivity index (χ4v) is 3.86. The summed E-state index contributed by atoms with van der Waals surface area (Å²) in [7, 11) is 1.60. The highest BCUT2D eigenvalue weighted by atomic mass is 16.5. The number of aromatic nitrogens is 3. The van der Waals surface area contributed by atoms with Gasteiger partial charge < -0.3 is 31.2 Å². The molecule has 10 nitrogen and oxygen atoms in total. The number of nitrogens with two attached hydrogens (primary N) is 2. The summed E-state index contributed by atoms with van der Waals surface area (Å²) in [6, 6.07) is 3.39. The second-order valence-electron chi connectivity index (χ2n) is 8.43. The molecule has 10 heteroatoms. The van der Waals surface area contributed by atoms with E-state index in [0.29, 0.717) is 48.4 Å². The molecule has 0 bridgehead atoms. The van der Waals surface area contributed by atoms with E-state index >= 15 is 0 Å². The number of pyridine rings is 1. The molecule has 2 aromatic rings. The summed E-state index contributed by atoms with van der Waals surface area (Å²) in [4.78, 5) is 28.8. The Hall–Kier alpha value is -3.76. The van der Waals surface area contributed by atoms with Crippen molar-refractivity contribution in [3.63, 3.8) is 0 Å². The molecule has 0 saturated carbocycles. The van der Waals surface area contributed by atoms with Crippen molar-refractivity contribution < 1.29 is 14.3 Å². The van der Waals surface area contributed by atoms with Crippen LogP contribution in [0, 0.1) is 6.92 Å². The standard InChI is InChI=1S/C26H35N7O3/c1-5-8-23(33-12-7-9-18(27)16-33)20(6-2)31-25(34)24-19(28)10-11-21(30-24)22-15-29-17(3)26(32-22)36-14-13-35-4/h5-6,8,10-11,15,18H,2,7,9,12-14,16,27-28H2,1,3-4H3,(H,31,34)/b8-5-,23-20-/t18-/m0/s1. The first-order valence-corrected chi connectivity index (χ1v) is 11.9.